The third-order valence-electron chi connectivity index (χ3n) is 6.33. The van der Waals surface area contributed by atoms with Crippen molar-refractivity contribution in [2.75, 3.05) is 33.4 Å². The lowest BCUT2D eigenvalue weighted by Gasteiger charge is -2.34. The molecule has 3 heterocycles. The van der Waals surface area contributed by atoms with Crippen LogP contribution in [0.2, 0.25) is 0 Å². The van der Waals surface area contributed by atoms with Crippen LogP contribution >= 0.6 is 0 Å². The third kappa shape index (κ3) is 6.58. The molecule has 1 aliphatic rings. The highest BCUT2D eigenvalue weighted by molar-refractivity contribution is 6.00. The molecule has 0 bridgehead atoms. The number of methoxy groups -OCH3 is 1. The Morgan fingerprint density at radius 2 is 1.92 bits per heavy atom. The monoisotopic (exact) mass is 498 g/mol. The fraction of sp³-hybridized carbons (Fsp3) is 0.423. The third-order valence-corrected chi connectivity index (χ3v) is 6.33. The number of hydrogen-bond donors (Lipinski definition) is 3. The number of aromatic amines is 2. The summed E-state index contributed by atoms with van der Waals surface area (Å²) >= 11 is 0. The zero-order chi connectivity index (χ0) is 25.5. The number of rotatable bonds is 10. The van der Waals surface area contributed by atoms with E-state index in [1.54, 1.807) is 30.2 Å². The van der Waals surface area contributed by atoms with Crippen molar-refractivity contribution in [2.24, 2.45) is 0 Å². The highest BCUT2D eigenvalue weighted by atomic mass is 19.1. The predicted molar refractivity (Wildman–Crippen MR) is 132 cm³/mol. The Kier molecular flexibility index (Phi) is 8.50. The molecule has 1 saturated heterocycles. The van der Waals surface area contributed by atoms with Crippen LogP contribution in [0, 0.1) is 5.82 Å². The van der Waals surface area contributed by atoms with Gasteiger partial charge in [0.15, 0.2) is 0 Å². The van der Waals surface area contributed by atoms with Gasteiger partial charge in [0.25, 0.3) is 5.91 Å². The SMILES string of the molecule is COCCCOC1CCN(C(=O)[C@H](Cc2ccc(F)cc2)NC(=O)c2cc3cc(=O)[nH]cc3[nH]2)CC1. The van der Waals surface area contributed by atoms with Crippen LogP contribution in [-0.2, 0) is 20.7 Å². The molecule has 9 nitrogen and oxygen atoms in total. The van der Waals surface area contributed by atoms with Crippen molar-refractivity contribution >= 4 is 22.7 Å². The molecule has 2 aromatic heterocycles. The zero-order valence-corrected chi connectivity index (χ0v) is 20.2. The molecule has 1 aromatic carbocycles. The number of likely N-dealkylation sites (tertiary alicyclic amines) is 1. The van der Waals surface area contributed by atoms with E-state index in [9.17, 15) is 18.8 Å². The number of nitrogens with zero attached hydrogens (tertiary/aromatic N) is 1. The number of halogens is 1. The summed E-state index contributed by atoms with van der Waals surface area (Å²) in [6, 6.07) is 8.01. The molecule has 0 unspecified atom stereocenters. The van der Waals surface area contributed by atoms with Gasteiger partial charge < -0.3 is 29.7 Å². The number of amides is 2. The first-order valence-electron chi connectivity index (χ1n) is 12.1. The fourth-order valence-corrected chi connectivity index (χ4v) is 4.38. The first-order valence-corrected chi connectivity index (χ1v) is 12.1. The van der Waals surface area contributed by atoms with Gasteiger partial charge in [-0.2, -0.15) is 0 Å². The van der Waals surface area contributed by atoms with E-state index in [0.717, 1.165) is 12.0 Å². The van der Waals surface area contributed by atoms with Crippen LogP contribution in [0.4, 0.5) is 4.39 Å². The first-order chi connectivity index (χ1) is 17.4. The lowest BCUT2D eigenvalue weighted by atomic mass is 10.0. The van der Waals surface area contributed by atoms with Gasteiger partial charge in [-0.05, 0) is 43.0 Å². The van der Waals surface area contributed by atoms with Gasteiger partial charge in [-0.15, -0.1) is 0 Å². The lowest BCUT2D eigenvalue weighted by Crippen LogP contribution is -2.52. The van der Waals surface area contributed by atoms with Gasteiger partial charge in [0.2, 0.25) is 11.5 Å². The number of carbonyl (C=O) groups is 2. The van der Waals surface area contributed by atoms with Crippen molar-refractivity contribution < 1.29 is 23.5 Å². The van der Waals surface area contributed by atoms with Gasteiger partial charge in [-0.3, -0.25) is 14.4 Å². The summed E-state index contributed by atoms with van der Waals surface area (Å²) in [5, 5.41) is 3.44. The number of hydrogen-bond acceptors (Lipinski definition) is 5. The van der Waals surface area contributed by atoms with Gasteiger partial charge in [0.05, 0.1) is 11.6 Å². The number of H-pyrrole nitrogens is 2. The topological polar surface area (TPSA) is 117 Å². The van der Waals surface area contributed by atoms with Gasteiger partial charge in [-0.1, -0.05) is 12.1 Å². The van der Waals surface area contributed by atoms with Crippen molar-refractivity contribution in [3.63, 3.8) is 0 Å². The molecule has 2 amide bonds. The number of fused-ring (bicyclic) bond motifs is 1. The van der Waals surface area contributed by atoms with Crippen LogP contribution in [-0.4, -0.2) is 72.2 Å². The predicted octanol–water partition coefficient (Wildman–Crippen LogP) is 2.38. The second-order valence-electron chi connectivity index (χ2n) is 8.95. The summed E-state index contributed by atoms with van der Waals surface area (Å²) < 4.78 is 24.3. The van der Waals surface area contributed by atoms with E-state index in [-0.39, 0.29) is 35.5 Å². The molecule has 192 valence electrons. The number of pyridine rings is 1. The van der Waals surface area contributed by atoms with E-state index < -0.39 is 11.9 Å². The molecule has 1 fully saturated rings. The summed E-state index contributed by atoms with van der Waals surface area (Å²) in [5.74, 6) is -1.03. The normalized spacial score (nSPS) is 15.2. The number of ether oxygens (including phenoxy) is 2. The van der Waals surface area contributed by atoms with E-state index in [2.05, 4.69) is 15.3 Å². The molecule has 0 spiro atoms. The molecule has 3 N–H and O–H groups in total. The second-order valence-corrected chi connectivity index (χ2v) is 8.95. The van der Waals surface area contributed by atoms with Gasteiger partial charge >= 0.3 is 0 Å². The number of piperidine rings is 1. The molecule has 1 aliphatic heterocycles. The minimum Gasteiger partial charge on any atom is -0.385 e. The largest absolute Gasteiger partial charge is 0.385 e. The highest BCUT2D eigenvalue weighted by Crippen LogP contribution is 2.18. The maximum absolute atomic E-state index is 13.5. The van der Waals surface area contributed by atoms with Crippen LogP contribution in [0.5, 0.6) is 0 Å². The van der Waals surface area contributed by atoms with E-state index >= 15 is 0 Å². The van der Waals surface area contributed by atoms with Crippen LogP contribution in [0.1, 0.15) is 35.3 Å². The van der Waals surface area contributed by atoms with Gasteiger partial charge in [-0.25, -0.2) is 4.39 Å². The molecule has 4 rings (SSSR count). The Morgan fingerprint density at radius 3 is 2.64 bits per heavy atom. The standard InChI is InChI=1S/C26H31FN4O5/c1-35-11-2-12-36-20-7-9-31(10-8-20)26(34)22(13-17-3-5-19(27)6-4-17)30-25(33)21-14-18-15-24(32)28-16-23(18)29-21/h3-6,14-16,20,22,29H,2,7-13H2,1H3,(H,28,32)(H,30,33)/t22-/m0/s1. The summed E-state index contributed by atoms with van der Waals surface area (Å²) in [7, 11) is 1.66. The van der Waals surface area contributed by atoms with Gasteiger partial charge in [0, 0.05) is 57.5 Å². The second kappa shape index (κ2) is 12.0. The molecule has 3 aromatic rings. The Morgan fingerprint density at radius 1 is 1.17 bits per heavy atom. The molecule has 36 heavy (non-hydrogen) atoms. The molecule has 1 atom stereocenters. The first kappa shape index (κ1) is 25.6. The smallest absolute Gasteiger partial charge is 0.268 e. The maximum atomic E-state index is 13.5. The Labute approximate surface area is 208 Å². The average Bonchev–Trinajstić information content (AvgIpc) is 3.31. The van der Waals surface area contributed by atoms with Crippen molar-refractivity contribution in [3.05, 3.63) is 70.0 Å². The van der Waals surface area contributed by atoms with Crippen LogP contribution in [0.15, 0.2) is 47.4 Å². The number of carbonyl (C=O) groups excluding carboxylic acids is 2. The minimum atomic E-state index is -0.838. The molecular weight excluding hydrogens is 467 g/mol. The molecular formula is C26H31FN4O5. The summed E-state index contributed by atoms with van der Waals surface area (Å²) in [6.45, 7) is 2.32. The Balaban J connectivity index is 1.44. The Hall–Kier alpha value is -3.50. The molecule has 0 saturated carbocycles. The van der Waals surface area contributed by atoms with Crippen LogP contribution < -0.4 is 10.9 Å². The minimum absolute atomic E-state index is 0.0881. The summed E-state index contributed by atoms with van der Waals surface area (Å²) in [6.07, 6.45) is 4.06. The van der Waals surface area contributed by atoms with E-state index in [0.29, 0.717) is 50.0 Å². The summed E-state index contributed by atoms with van der Waals surface area (Å²) in [4.78, 5) is 45.4. The number of nitrogens with one attached hydrogen (secondary N) is 3. The van der Waals surface area contributed by atoms with Crippen molar-refractivity contribution in [1.29, 1.82) is 0 Å². The number of benzene rings is 1. The van der Waals surface area contributed by atoms with Crippen molar-refractivity contribution in [2.45, 2.75) is 37.8 Å². The zero-order valence-electron chi connectivity index (χ0n) is 20.2. The lowest BCUT2D eigenvalue weighted by molar-refractivity contribution is -0.136. The quantitative estimate of drug-likeness (QED) is 0.371. The summed E-state index contributed by atoms with van der Waals surface area (Å²) in [5.41, 5.74) is 1.30. The average molecular weight is 499 g/mol. The van der Waals surface area contributed by atoms with E-state index in [1.165, 1.54) is 24.4 Å². The van der Waals surface area contributed by atoms with E-state index in [1.807, 2.05) is 0 Å². The van der Waals surface area contributed by atoms with Gasteiger partial charge in [0.1, 0.15) is 17.6 Å². The van der Waals surface area contributed by atoms with Crippen LogP contribution in [0.25, 0.3) is 10.9 Å². The van der Waals surface area contributed by atoms with Crippen LogP contribution in [0.3, 0.4) is 0 Å². The molecule has 0 radical (unpaired) electrons. The highest BCUT2D eigenvalue weighted by Gasteiger charge is 2.30. The number of aromatic nitrogens is 2. The molecule has 10 heteroatoms. The fourth-order valence-electron chi connectivity index (χ4n) is 4.38. The Bertz CT molecular complexity index is 1230. The maximum Gasteiger partial charge on any atom is 0.268 e. The molecule has 0 aliphatic carbocycles. The van der Waals surface area contributed by atoms with Crippen molar-refractivity contribution in [3.8, 4) is 0 Å². The van der Waals surface area contributed by atoms with E-state index in [4.69, 9.17) is 9.47 Å². The van der Waals surface area contributed by atoms with Crippen molar-refractivity contribution in [1.82, 2.24) is 20.2 Å².